The minimum atomic E-state index is -0.298. The first-order valence-electron chi connectivity index (χ1n) is 7.46. The summed E-state index contributed by atoms with van der Waals surface area (Å²) in [6, 6.07) is 6.96. The summed E-state index contributed by atoms with van der Waals surface area (Å²) in [6.07, 6.45) is 1.62. The number of benzene rings is 1. The number of ether oxygens (including phenoxy) is 1. The monoisotopic (exact) mass is 349 g/mol. The minimum absolute atomic E-state index is 0.0317. The van der Waals surface area contributed by atoms with Gasteiger partial charge in [-0.3, -0.25) is 14.6 Å². The van der Waals surface area contributed by atoms with Crippen molar-refractivity contribution < 1.29 is 14.3 Å². The van der Waals surface area contributed by atoms with Crippen molar-refractivity contribution in [1.29, 1.82) is 0 Å². The highest BCUT2D eigenvalue weighted by atomic mass is 35.5. The Hall–Kier alpha value is -2.18. The third-order valence-electron chi connectivity index (χ3n) is 3.58. The highest BCUT2D eigenvalue weighted by Gasteiger charge is 2.22. The van der Waals surface area contributed by atoms with Crippen LogP contribution in [0.1, 0.15) is 10.4 Å². The van der Waals surface area contributed by atoms with Crippen LogP contribution in [0.2, 0.25) is 5.02 Å². The van der Waals surface area contributed by atoms with E-state index in [0.29, 0.717) is 29.3 Å². The normalized spacial score (nSPS) is 10.7. The van der Waals surface area contributed by atoms with E-state index in [0.717, 1.165) is 5.39 Å². The zero-order valence-electron chi connectivity index (χ0n) is 14.0. The SMILES string of the molecule is COCCN(CC(=O)N(C)C)C(=O)c1cc(Cl)cc2cccnc12. The van der Waals surface area contributed by atoms with Gasteiger partial charge in [-0.1, -0.05) is 17.7 Å². The third-order valence-corrected chi connectivity index (χ3v) is 3.80. The number of likely N-dealkylation sites (N-methyl/N-ethyl adjacent to an activating group) is 1. The Bertz CT molecular complexity index is 749. The number of rotatable bonds is 6. The lowest BCUT2D eigenvalue weighted by atomic mass is 10.1. The van der Waals surface area contributed by atoms with Gasteiger partial charge in [0.05, 0.1) is 17.7 Å². The molecular formula is C17H20ClN3O3. The molecule has 0 N–H and O–H groups in total. The molecule has 7 heteroatoms. The lowest BCUT2D eigenvalue weighted by molar-refractivity contribution is -0.129. The lowest BCUT2D eigenvalue weighted by Crippen LogP contribution is -2.42. The molecule has 0 saturated carbocycles. The van der Waals surface area contributed by atoms with Crippen LogP contribution in [0.15, 0.2) is 30.5 Å². The third kappa shape index (κ3) is 4.21. The van der Waals surface area contributed by atoms with E-state index in [1.165, 1.54) is 9.80 Å². The van der Waals surface area contributed by atoms with Crippen LogP contribution < -0.4 is 0 Å². The lowest BCUT2D eigenvalue weighted by Gasteiger charge is -2.24. The van der Waals surface area contributed by atoms with Crippen LogP contribution >= 0.6 is 11.6 Å². The van der Waals surface area contributed by atoms with Gasteiger partial charge in [0.1, 0.15) is 6.54 Å². The standard InChI is InChI=1S/C17H20ClN3O3/c1-20(2)15(22)11-21(7-8-24-3)17(23)14-10-13(18)9-12-5-4-6-19-16(12)14/h4-6,9-10H,7-8,11H2,1-3H3. The Morgan fingerprint density at radius 3 is 2.71 bits per heavy atom. The summed E-state index contributed by atoms with van der Waals surface area (Å²) < 4.78 is 5.05. The summed E-state index contributed by atoms with van der Waals surface area (Å²) in [5.74, 6) is -0.466. The summed E-state index contributed by atoms with van der Waals surface area (Å²) >= 11 is 6.13. The van der Waals surface area contributed by atoms with E-state index in [1.807, 2.05) is 6.07 Å². The van der Waals surface area contributed by atoms with Gasteiger partial charge >= 0.3 is 0 Å². The quantitative estimate of drug-likeness (QED) is 0.801. The molecule has 0 bridgehead atoms. The Morgan fingerprint density at radius 2 is 2.04 bits per heavy atom. The predicted molar refractivity (Wildman–Crippen MR) is 93.2 cm³/mol. The molecule has 0 aliphatic carbocycles. The highest BCUT2D eigenvalue weighted by Crippen LogP contribution is 2.23. The van der Waals surface area contributed by atoms with Gasteiger partial charge in [0.15, 0.2) is 0 Å². The Kier molecular flexibility index (Phi) is 6.11. The molecule has 2 rings (SSSR count). The Balaban J connectivity index is 2.40. The van der Waals surface area contributed by atoms with Gasteiger partial charge in [-0.05, 0) is 18.2 Å². The van der Waals surface area contributed by atoms with Crippen LogP contribution in [-0.4, -0.2) is 67.5 Å². The molecule has 1 heterocycles. The average Bonchev–Trinajstić information content (AvgIpc) is 2.56. The van der Waals surface area contributed by atoms with Gasteiger partial charge in [-0.25, -0.2) is 0 Å². The van der Waals surface area contributed by atoms with Crippen molar-refractivity contribution in [2.45, 2.75) is 0 Å². The second-order valence-electron chi connectivity index (χ2n) is 5.54. The van der Waals surface area contributed by atoms with E-state index in [1.54, 1.807) is 45.6 Å². The number of carbonyl (C=O) groups excluding carboxylic acids is 2. The first kappa shape index (κ1) is 18.2. The summed E-state index contributed by atoms with van der Waals surface area (Å²) in [7, 11) is 4.85. The van der Waals surface area contributed by atoms with Gasteiger partial charge < -0.3 is 14.5 Å². The molecule has 1 aromatic heterocycles. The fourth-order valence-corrected chi connectivity index (χ4v) is 2.47. The van der Waals surface area contributed by atoms with Crippen LogP contribution in [0, 0.1) is 0 Å². The van der Waals surface area contributed by atoms with Crippen molar-refractivity contribution >= 4 is 34.3 Å². The van der Waals surface area contributed by atoms with Gasteiger partial charge in [-0.15, -0.1) is 0 Å². The maximum atomic E-state index is 13.0. The molecule has 1 aromatic carbocycles. The summed E-state index contributed by atoms with van der Waals surface area (Å²) in [5.41, 5.74) is 0.937. The van der Waals surface area contributed by atoms with E-state index in [9.17, 15) is 9.59 Å². The molecule has 0 saturated heterocycles. The maximum absolute atomic E-state index is 13.0. The second kappa shape index (κ2) is 8.08. The smallest absolute Gasteiger partial charge is 0.256 e. The Labute approximate surface area is 146 Å². The number of fused-ring (bicyclic) bond motifs is 1. The highest BCUT2D eigenvalue weighted by molar-refractivity contribution is 6.32. The molecule has 24 heavy (non-hydrogen) atoms. The summed E-state index contributed by atoms with van der Waals surface area (Å²) in [6.45, 7) is 0.601. The van der Waals surface area contributed by atoms with E-state index in [2.05, 4.69) is 4.98 Å². The molecule has 0 radical (unpaired) electrons. The van der Waals surface area contributed by atoms with E-state index in [4.69, 9.17) is 16.3 Å². The number of hydrogen-bond acceptors (Lipinski definition) is 4. The van der Waals surface area contributed by atoms with Gasteiger partial charge in [0.2, 0.25) is 5.91 Å². The number of pyridine rings is 1. The molecule has 6 nitrogen and oxygen atoms in total. The molecule has 0 fully saturated rings. The molecule has 0 unspecified atom stereocenters. The fourth-order valence-electron chi connectivity index (χ4n) is 2.25. The van der Waals surface area contributed by atoms with Gasteiger partial charge in [0.25, 0.3) is 5.91 Å². The average molecular weight is 350 g/mol. The molecule has 0 spiro atoms. The molecule has 0 aliphatic rings. The van der Waals surface area contributed by atoms with E-state index < -0.39 is 0 Å². The first-order chi connectivity index (χ1) is 11.4. The summed E-state index contributed by atoms with van der Waals surface area (Å²) in [5, 5.41) is 1.23. The van der Waals surface area contributed by atoms with Crippen molar-refractivity contribution in [2.24, 2.45) is 0 Å². The molecule has 128 valence electrons. The number of amides is 2. The van der Waals surface area contributed by atoms with Gasteiger partial charge in [-0.2, -0.15) is 0 Å². The van der Waals surface area contributed by atoms with E-state index in [-0.39, 0.29) is 18.4 Å². The van der Waals surface area contributed by atoms with Crippen LogP contribution in [0.3, 0.4) is 0 Å². The molecular weight excluding hydrogens is 330 g/mol. The van der Waals surface area contributed by atoms with Gasteiger partial charge in [0, 0.05) is 44.4 Å². The fraction of sp³-hybridized carbons (Fsp3) is 0.353. The second-order valence-corrected chi connectivity index (χ2v) is 5.97. The number of nitrogens with zero attached hydrogens (tertiary/aromatic N) is 3. The number of carbonyl (C=O) groups is 2. The van der Waals surface area contributed by atoms with Crippen LogP contribution in [0.25, 0.3) is 10.9 Å². The minimum Gasteiger partial charge on any atom is -0.383 e. The molecule has 2 aromatic rings. The number of aromatic nitrogens is 1. The van der Waals surface area contributed by atoms with Crippen molar-refractivity contribution in [3.8, 4) is 0 Å². The van der Waals surface area contributed by atoms with Crippen LogP contribution in [0.5, 0.6) is 0 Å². The number of halogens is 1. The number of methoxy groups -OCH3 is 1. The van der Waals surface area contributed by atoms with Crippen molar-refractivity contribution in [1.82, 2.24) is 14.8 Å². The maximum Gasteiger partial charge on any atom is 0.256 e. The van der Waals surface area contributed by atoms with Crippen molar-refractivity contribution in [3.05, 3.63) is 41.0 Å². The van der Waals surface area contributed by atoms with E-state index >= 15 is 0 Å². The van der Waals surface area contributed by atoms with Crippen LogP contribution in [-0.2, 0) is 9.53 Å². The molecule has 0 aliphatic heterocycles. The predicted octanol–water partition coefficient (Wildman–Crippen LogP) is 2.06. The Morgan fingerprint density at radius 1 is 1.29 bits per heavy atom. The van der Waals surface area contributed by atoms with Crippen molar-refractivity contribution in [3.63, 3.8) is 0 Å². The zero-order valence-corrected chi connectivity index (χ0v) is 14.7. The molecule has 0 atom stereocenters. The first-order valence-corrected chi connectivity index (χ1v) is 7.84. The summed E-state index contributed by atoms with van der Waals surface area (Å²) in [4.78, 5) is 32.2. The van der Waals surface area contributed by atoms with Crippen LogP contribution in [0.4, 0.5) is 0 Å². The zero-order chi connectivity index (χ0) is 17.7. The largest absolute Gasteiger partial charge is 0.383 e. The number of hydrogen-bond donors (Lipinski definition) is 0. The van der Waals surface area contributed by atoms with Crippen molar-refractivity contribution in [2.75, 3.05) is 40.9 Å². The topological polar surface area (TPSA) is 62.7 Å². The molecule has 2 amide bonds.